The van der Waals surface area contributed by atoms with E-state index in [-0.39, 0.29) is 12.3 Å². The summed E-state index contributed by atoms with van der Waals surface area (Å²) in [5.41, 5.74) is 5.78. The number of carbonyl (C=O) groups excluding carboxylic acids is 2. The number of benzene rings is 3. The molecule has 152 valence electrons. The zero-order valence-electron chi connectivity index (χ0n) is 16.4. The second kappa shape index (κ2) is 10.2. The third-order valence-corrected chi connectivity index (χ3v) is 4.44. The topological polar surface area (TPSA) is 82.6 Å². The minimum atomic E-state index is -0.429. The fourth-order valence-corrected chi connectivity index (χ4v) is 2.88. The van der Waals surface area contributed by atoms with Crippen molar-refractivity contribution < 1.29 is 9.59 Å². The number of hydrogen-bond donors (Lipinski definition) is 3. The number of halogens is 1. The molecule has 0 fully saturated rings. The summed E-state index contributed by atoms with van der Waals surface area (Å²) in [4.78, 5) is 24.3. The van der Waals surface area contributed by atoms with Crippen LogP contribution in [0.5, 0.6) is 0 Å². The Morgan fingerprint density at radius 1 is 0.833 bits per heavy atom. The molecular weight excluding hydrogens is 400 g/mol. The Hall–Kier alpha value is -3.64. The van der Waals surface area contributed by atoms with Gasteiger partial charge in [-0.2, -0.15) is 5.10 Å². The minimum absolute atomic E-state index is 0.0484. The summed E-state index contributed by atoms with van der Waals surface area (Å²) in [5.74, 6) is -0.658. The third kappa shape index (κ3) is 6.18. The fraction of sp³-hybridized carbons (Fsp3) is 0.0870. The highest BCUT2D eigenvalue weighted by atomic mass is 35.5. The second-order valence-corrected chi connectivity index (χ2v) is 6.97. The summed E-state index contributed by atoms with van der Waals surface area (Å²) in [6.45, 7) is 1.67. The van der Waals surface area contributed by atoms with Gasteiger partial charge in [0.05, 0.1) is 17.0 Å². The van der Waals surface area contributed by atoms with Crippen LogP contribution in [0.15, 0.2) is 84.0 Å². The standard InChI is InChI=1S/C23H21ClN4O2/c1-16(27-28-23(30)20-9-5-6-10-21(20)24)15-22(29)26-19-13-11-18(12-14-19)25-17-7-3-2-4-8-17/h2-14,25H,15H2,1H3,(H,26,29)(H,28,30). The first-order chi connectivity index (χ1) is 14.5. The van der Waals surface area contributed by atoms with Gasteiger partial charge in [0.2, 0.25) is 5.91 Å². The zero-order chi connectivity index (χ0) is 21.3. The largest absolute Gasteiger partial charge is 0.356 e. The molecule has 0 aliphatic rings. The van der Waals surface area contributed by atoms with Crippen LogP contribution in [-0.4, -0.2) is 17.5 Å². The molecule has 30 heavy (non-hydrogen) atoms. The van der Waals surface area contributed by atoms with E-state index in [1.54, 1.807) is 31.2 Å². The van der Waals surface area contributed by atoms with Crippen LogP contribution in [-0.2, 0) is 4.79 Å². The van der Waals surface area contributed by atoms with Crippen LogP contribution in [0, 0.1) is 0 Å². The quantitative estimate of drug-likeness (QED) is 0.362. The summed E-state index contributed by atoms with van der Waals surface area (Å²) >= 11 is 5.99. The lowest BCUT2D eigenvalue weighted by Crippen LogP contribution is -2.21. The fourth-order valence-electron chi connectivity index (χ4n) is 2.65. The maximum Gasteiger partial charge on any atom is 0.272 e. The van der Waals surface area contributed by atoms with E-state index in [2.05, 4.69) is 21.2 Å². The van der Waals surface area contributed by atoms with Crippen molar-refractivity contribution in [1.82, 2.24) is 5.43 Å². The van der Waals surface area contributed by atoms with Crippen molar-refractivity contribution in [2.75, 3.05) is 10.6 Å². The van der Waals surface area contributed by atoms with Gasteiger partial charge in [0, 0.05) is 22.8 Å². The van der Waals surface area contributed by atoms with Crippen molar-refractivity contribution >= 4 is 46.2 Å². The molecule has 3 aromatic carbocycles. The lowest BCUT2D eigenvalue weighted by molar-refractivity contribution is -0.115. The van der Waals surface area contributed by atoms with Crippen molar-refractivity contribution in [3.8, 4) is 0 Å². The number of nitrogens with zero attached hydrogens (tertiary/aromatic N) is 1. The number of carbonyl (C=O) groups is 2. The average molecular weight is 421 g/mol. The molecule has 0 bridgehead atoms. The van der Waals surface area contributed by atoms with Crippen molar-refractivity contribution in [1.29, 1.82) is 0 Å². The van der Waals surface area contributed by atoms with Gasteiger partial charge in [-0.15, -0.1) is 0 Å². The zero-order valence-corrected chi connectivity index (χ0v) is 17.1. The molecule has 3 N–H and O–H groups in total. The number of para-hydroxylation sites is 1. The molecule has 3 rings (SSSR count). The van der Waals surface area contributed by atoms with Gasteiger partial charge in [0.1, 0.15) is 0 Å². The molecule has 0 saturated carbocycles. The van der Waals surface area contributed by atoms with Gasteiger partial charge in [0.25, 0.3) is 5.91 Å². The van der Waals surface area contributed by atoms with Gasteiger partial charge in [-0.25, -0.2) is 5.43 Å². The number of nitrogens with one attached hydrogen (secondary N) is 3. The smallest absolute Gasteiger partial charge is 0.272 e. The van der Waals surface area contributed by atoms with Crippen LogP contribution < -0.4 is 16.1 Å². The van der Waals surface area contributed by atoms with Crippen LogP contribution in [0.4, 0.5) is 17.1 Å². The summed E-state index contributed by atoms with van der Waals surface area (Å²) < 4.78 is 0. The SMILES string of the molecule is CC(CC(=O)Nc1ccc(Nc2ccccc2)cc1)=NNC(=O)c1ccccc1Cl. The number of rotatable bonds is 7. The van der Waals surface area contributed by atoms with E-state index in [9.17, 15) is 9.59 Å². The molecule has 0 atom stereocenters. The molecule has 2 amide bonds. The lowest BCUT2D eigenvalue weighted by atomic mass is 10.2. The third-order valence-electron chi connectivity index (χ3n) is 4.11. The molecule has 6 nitrogen and oxygen atoms in total. The summed E-state index contributed by atoms with van der Waals surface area (Å²) in [7, 11) is 0. The van der Waals surface area contributed by atoms with E-state index in [1.807, 2.05) is 54.6 Å². The molecular formula is C23H21ClN4O2. The first-order valence-electron chi connectivity index (χ1n) is 9.31. The highest BCUT2D eigenvalue weighted by Gasteiger charge is 2.09. The van der Waals surface area contributed by atoms with Crippen molar-refractivity contribution in [3.63, 3.8) is 0 Å². The van der Waals surface area contributed by atoms with E-state index in [4.69, 9.17) is 11.6 Å². The molecule has 0 saturated heterocycles. The normalized spacial score (nSPS) is 10.9. The van der Waals surface area contributed by atoms with E-state index in [1.165, 1.54) is 0 Å². The predicted octanol–water partition coefficient (Wildman–Crippen LogP) is 5.22. The second-order valence-electron chi connectivity index (χ2n) is 6.56. The highest BCUT2D eigenvalue weighted by molar-refractivity contribution is 6.33. The van der Waals surface area contributed by atoms with Gasteiger partial charge in [-0.1, -0.05) is 41.9 Å². The maximum atomic E-state index is 12.2. The minimum Gasteiger partial charge on any atom is -0.356 e. The van der Waals surface area contributed by atoms with Gasteiger partial charge in [-0.3, -0.25) is 9.59 Å². The number of anilines is 3. The first-order valence-corrected chi connectivity index (χ1v) is 9.69. The van der Waals surface area contributed by atoms with Crippen LogP contribution in [0.3, 0.4) is 0 Å². The van der Waals surface area contributed by atoms with Crippen LogP contribution >= 0.6 is 11.6 Å². The molecule has 7 heteroatoms. The predicted molar refractivity (Wildman–Crippen MR) is 121 cm³/mol. The summed E-state index contributed by atoms with van der Waals surface area (Å²) in [5, 5.41) is 10.4. The van der Waals surface area contributed by atoms with Gasteiger partial charge in [-0.05, 0) is 55.5 Å². The van der Waals surface area contributed by atoms with Crippen LogP contribution in [0.1, 0.15) is 23.7 Å². The van der Waals surface area contributed by atoms with Crippen molar-refractivity contribution in [2.24, 2.45) is 5.10 Å². The molecule has 0 aliphatic carbocycles. The highest BCUT2D eigenvalue weighted by Crippen LogP contribution is 2.19. The lowest BCUT2D eigenvalue weighted by Gasteiger charge is -2.09. The van der Waals surface area contributed by atoms with E-state index >= 15 is 0 Å². The summed E-state index contributed by atoms with van der Waals surface area (Å²) in [6, 6.07) is 23.9. The van der Waals surface area contributed by atoms with E-state index in [0.717, 1.165) is 11.4 Å². The monoisotopic (exact) mass is 420 g/mol. The molecule has 0 aromatic heterocycles. The molecule has 3 aromatic rings. The Labute approximate surface area is 180 Å². The first kappa shape index (κ1) is 21.1. The van der Waals surface area contributed by atoms with E-state index in [0.29, 0.717) is 22.0 Å². The van der Waals surface area contributed by atoms with Gasteiger partial charge in [0.15, 0.2) is 0 Å². The van der Waals surface area contributed by atoms with Crippen LogP contribution in [0.25, 0.3) is 0 Å². The van der Waals surface area contributed by atoms with Crippen molar-refractivity contribution in [2.45, 2.75) is 13.3 Å². The van der Waals surface area contributed by atoms with Gasteiger partial charge >= 0.3 is 0 Å². The molecule has 0 spiro atoms. The van der Waals surface area contributed by atoms with E-state index < -0.39 is 5.91 Å². The average Bonchev–Trinajstić information content (AvgIpc) is 2.74. The number of amides is 2. The van der Waals surface area contributed by atoms with Gasteiger partial charge < -0.3 is 10.6 Å². The Morgan fingerprint density at radius 3 is 2.13 bits per heavy atom. The molecule has 0 radical (unpaired) electrons. The number of hydrogen-bond acceptors (Lipinski definition) is 4. The Morgan fingerprint density at radius 2 is 1.43 bits per heavy atom. The molecule has 0 unspecified atom stereocenters. The van der Waals surface area contributed by atoms with Crippen molar-refractivity contribution in [3.05, 3.63) is 89.4 Å². The Kier molecular flexibility index (Phi) is 7.19. The molecule has 0 heterocycles. The van der Waals surface area contributed by atoms with Crippen LogP contribution in [0.2, 0.25) is 5.02 Å². The summed E-state index contributed by atoms with van der Waals surface area (Å²) in [6.07, 6.45) is 0.0484. The Balaban J connectivity index is 1.50. The number of hydrazone groups is 1. The Bertz CT molecular complexity index is 1050. The molecule has 0 aliphatic heterocycles. The maximum absolute atomic E-state index is 12.2.